The predicted octanol–water partition coefficient (Wildman–Crippen LogP) is -0.0182. The number of nitrogens with zero attached hydrogens (tertiary/aromatic N) is 1. The molecule has 4 N–H and O–H groups in total. The Labute approximate surface area is 70.7 Å². The van der Waals surface area contributed by atoms with Gasteiger partial charge in [-0.05, 0) is 11.6 Å². The van der Waals surface area contributed by atoms with Crippen molar-refractivity contribution in [2.45, 2.75) is 6.54 Å². The lowest BCUT2D eigenvalue weighted by Gasteiger charge is -2.13. The van der Waals surface area contributed by atoms with E-state index < -0.39 is 0 Å². The highest BCUT2D eigenvalue weighted by Gasteiger charge is 2.03. The van der Waals surface area contributed by atoms with Crippen LogP contribution in [0.2, 0.25) is 0 Å². The summed E-state index contributed by atoms with van der Waals surface area (Å²) in [6.07, 6.45) is 0.550. The van der Waals surface area contributed by atoms with E-state index in [1.165, 1.54) is 0 Å². The molecule has 0 radical (unpaired) electrons. The van der Waals surface area contributed by atoms with E-state index in [-0.39, 0.29) is 0 Å². The largest absolute Gasteiger partial charge is 0.326 e. The summed E-state index contributed by atoms with van der Waals surface area (Å²) in [5.41, 5.74) is 6.95. The highest BCUT2D eigenvalue weighted by Crippen LogP contribution is 2.15. The molecular weight excluding hydrogens is 154 g/mol. The summed E-state index contributed by atoms with van der Waals surface area (Å²) in [5.74, 6) is 5.38. The fraction of sp³-hybridized carbons (Fsp3) is 0.125. The SMILES string of the molecule is NCc1ccccc1N(N)C=O. The quantitative estimate of drug-likeness (QED) is 0.286. The van der Waals surface area contributed by atoms with Crippen LogP contribution in [-0.2, 0) is 11.3 Å². The van der Waals surface area contributed by atoms with Gasteiger partial charge in [0.1, 0.15) is 0 Å². The molecule has 1 aromatic carbocycles. The van der Waals surface area contributed by atoms with Gasteiger partial charge in [0.15, 0.2) is 0 Å². The number of carbonyl (C=O) groups excluding carboxylic acids is 1. The summed E-state index contributed by atoms with van der Waals surface area (Å²) >= 11 is 0. The molecule has 0 aromatic heterocycles. The second kappa shape index (κ2) is 3.85. The zero-order valence-corrected chi connectivity index (χ0v) is 6.60. The van der Waals surface area contributed by atoms with Crippen LogP contribution in [0.4, 0.5) is 5.69 Å². The van der Waals surface area contributed by atoms with Gasteiger partial charge in [0, 0.05) is 6.54 Å². The molecular formula is C8H11N3O. The van der Waals surface area contributed by atoms with Crippen LogP contribution in [0.5, 0.6) is 0 Å². The van der Waals surface area contributed by atoms with Gasteiger partial charge in [-0.1, -0.05) is 18.2 Å². The van der Waals surface area contributed by atoms with Crippen LogP contribution in [0.15, 0.2) is 24.3 Å². The minimum absolute atomic E-state index is 0.373. The number of hydrogen-bond acceptors (Lipinski definition) is 3. The molecule has 4 heteroatoms. The van der Waals surface area contributed by atoms with E-state index in [1.807, 2.05) is 12.1 Å². The highest BCUT2D eigenvalue weighted by atomic mass is 16.1. The topological polar surface area (TPSA) is 72.3 Å². The maximum atomic E-state index is 10.3. The summed E-state index contributed by atoms with van der Waals surface area (Å²) in [7, 11) is 0. The maximum Gasteiger partial charge on any atom is 0.228 e. The van der Waals surface area contributed by atoms with E-state index in [9.17, 15) is 4.79 Å². The molecule has 1 aromatic rings. The zero-order chi connectivity index (χ0) is 8.97. The van der Waals surface area contributed by atoms with Gasteiger partial charge in [0.2, 0.25) is 6.41 Å². The second-order valence-electron chi connectivity index (χ2n) is 2.35. The van der Waals surface area contributed by atoms with Crippen molar-refractivity contribution in [2.24, 2.45) is 11.6 Å². The van der Waals surface area contributed by atoms with Crippen LogP contribution in [0, 0.1) is 0 Å². The maximum absolute atomic E-state index is 10.3. The minimum Gasteiger partial charge on any atom is -0.326 e. The van der Waals surface area contributed by atoms with Crippen LogP contribution in [-0.4, -0.2) is 6.41 Å². The molecule has 0 bridgehead atoms. The van der Waals surface area contributed by atoms with Gasteiger partial charge in [-0.2, -0.15) is 0 Å². The Bertz CT molecular complexity index is 275. The molecule has 0 saturated heterocycles. The van der Waals surface area contributed by atoms with Crippen molar-refractivity contribution in [2.75, 3.05) is 5.01 Å². The summed E-state index contributed by atoms with van der Waals surface area (Å²) in [6.45, 7) is 0.373. The number of para-hydroxylation sites is 1. The number of nitrogens with two attached hydrogens (primary N) is 2. The third-order valence-electron chi connectivity index (χ3n) is 1.60. The Morgan fingerprint density at radius 1 is 1.42 bits per heavy atom. The van der Waals surface area contributed by atoms with Crippen molar-refractivity contribution in [3.63, 3.8) is 0 Å². The lowest BCUT2D eigenvalue weighted by atomic mass is 10.2. The van der Waals surface area contributed by atoms with Gasteiger partial charge >= 0.3 is 0 Å². The zero-order valence-electron chi connectivity index (χ0n) is 6.60. The Balaban J connectivity index is 3.04. The third kappa shape index (κ3) is 1.61. The van der Waals surface area contributed by atoms with Gasteiger partial charge in [-0.25, -0.2) is 5.84 Å². The lowest BCUT2D eigenvalue weighted by molar-refractivity contribution is -0.107. The van der Waals surface area contributed by atoms with Crippen LogP contribution >= 0.6 is 0 Å². The van der Waals surface area contributed by atoms with Crippen molar-refractivity contribution >= 4 is 12.1 Å². The molecule has 0 spiro atoms. The fourth-order valence-electron chi connectivity index (χ4n) is 0.992. The average molecular weight is 165 g/mol. The Morgan fingerprint density at radius 3 is 2.67 bits per heavy atom. The number of anilines is 1. The third-order valence-corrected chi connectivity index (χ3v) is 1.60. The Hall–Kier alpha value is -1.39. The number of carbonyl (C=O) groups is 1. The number of benzene rings is 1. The van der Waals surface area contributed by atoms with E-state index in [0.717, 1.165) is 10.6 Å². The Morgan fingerprint density at radius 2 is 2.08 bits per heavy atom. The number of hydrazine groups is 1. The standard InChI is InChI=1S/C8H11N3O/c9-5-7-3-1-2-4-8(7)11(10)6-12/h1-4,6H,5,9-10H2. The van der Waals surface area contributed by atoms with Crippen LogP contribution in [0.25, 0.3) is 0 Å². The number of amides is 1. The molecule has 1 rings (SSSR count). The number of hydrogen-bond donors (Lipinski definition) is 2. The summed E-state index contributed by atoms with van der Waals surface area (Å²) in [5, 5.41) is 1.02. The van der Waals surface area contributed by atoms with Crippen LogP contribution < -0.4 is 16.6 Å². The predicted molar refractivity (Wildman–Crippen MR) is 47.1 cm³/mol. The van der Waals surface area contributed by atoms with Crippen LogP contribution in [0.1, 0.15) is 5.56 Å². The summed E-state index contributed by atoms with van der Waals surface area (Å²) in [4.78, 5) is 10.3. The van der Waals surface area contributed by atoms with Crippen molar-refractivity contribution in [3.8, 4) is 0 Å². The van der Waals surface area contributed by atoms with Gasteiger partial charge in [0.25, 0.3) is 0 Å². The first-order chi connectivity index (χ1) is 5.79. The molecule has 64 valence electrons. The minimum atomic E-state index is 0.373. The highest BCUT2D eigenvalue weighted by molar-refractivity contribution is 5.75. The fourth-order valence-corrected chi connectivity index (χ4v) is 0.992. The molecule has 0 saturated carbocycles. The van der Waals surface area contributed by atoms with E-state index >= 15 is 0 Å². The molecule has 0 aliphatic rings. The monoisotopic (exact) mass is 165 g/mol. The summed E-state index contributed by atoms with van der Waals surface area (Å²) < 4.78 is 0. The average Bonchev–Trinajstić information content (AvgIpc) is 2.16. The second-order valence-corrected chi connectivity index (χ2v) is 2.35. The van der Waals surface area contributed by atoms with E-state index in [2.05, 4.69) is 0 Å². The first-order valence-corrected chi connectivity index (χ1v) is 3.56. The van der Waals surface area contributed by atoms with E-state index in [0.29, 0.717) is 18.6 Å². The van der Waals surface area contributed by atoms with Crippen molar-refractivity contribution in [1.82, 2.24) is 0 Å². The molecule has 0 atom stereocenters. The smallest absolute Gasteiger partial charge is 0.228 e. The van der Waals surface area contributed by atoms with Crippen molar-refractivity contribution in [3.05, 3.63) is 29.8 Å². The molecule has 1 amide bonds. The molecule has 0 fully saturated rings. The normalized spacial score (nSPS) is 9.50. The van der Waals surface area contributed by atoms with E-state index in [4.69, 9.17) is 11.6 Å². The van der Waals surface area contributed by atoms with Gasteiger partial charge in [0.05, 0.1) is 5.69 Å². The molecule has 12 heavy (non-hydrogen) atoms. The molecule has 0 aliphatic heterocycles. The number of rotatable bonds is 3. The van der Waals surface area contributed by atoms with Crippen LogP contribution in [0.3, 0.4) is 0 Å². The molecule has 4 nitrogen and oxygen atoms in total. The van der Waals surface area contributed by atoms with E-state index in [1.54, 1.807) is 12.1 Å². The van der Waals surface area contributed by atoms with Crippen molar-refractivity contribution in [1.29, 1.82) is 0 Å². The summed E-state index contributed by atoms with van der Waals surface area (Å²) in [6, 6.07) is 7.23. The molecule has 0 aliphatic carbocycles. The van der Waals surface area contributed by atoms with Gasteiger partial charge in [-0.15, -0.1) is 0 Å². The first-order valence-electron chi connectivity index (χ1n) is 3.56. The van der Waals surface area contributed by atoms with Gasteiger partial charge < -0.3 is 5.73 Å². The molecule has 0 heterocycles. The van der Waals surface area contributed by atoms with Crippen molar-refractivity contribution < 1.29 is 4.79 Å². The molecule has 0 unspecified atom stereocenters. The first kappa shape index (κ1) is 8.70. The Kier molecular flexibility index (Phi) is 2.79. The van der Waals surface area contributed by atoms with Gasteiger partial charge in [-0.3, -0.25) is 9.80 Å². The lowest BCUT2D eigenvalue weighted by Crippen LogP contribution is -2.30.